The zero-order valence-corrected chi connectivity index (χ0v) is 24.3. The third kappa shape index (κ3) is 9.51. The molecule has 0 aliphatic carbocycles. The van der Waals surface area contributed by atoms with Crippen molar-refractivity contribution in [2.75, 3.05) is 0 Å². The summed E-state index contributed by atoms with van der Waals surface area (Å²) >= 11 is 0. The van der Waals surface area contributed by atoms with Crippen LogP contribution in [0.2, 0.25) is 0 Å². The van der Waals surface area contributed by atoms with Gasteiger partial charge in [-0.2, -0.15) is 0 Å². The van der Waals surface area contributed by atoms with E-state index in [1.165, 1.54) is 86.9 Å². The van der Waals surface area contributed by atoms with E-state index in [9.17, 15) is 19.5 Å². The number of rotatable bonds is 11. The first-order valence-corrected chi connectivity index (χ1v) is 13.9. The molecule has 5 nitrogen and oxygen atoms in total. The fourth-order valence-electron chi connectivity index (χ4n) is 4.46. The monoisotopic (exact) mass is 529 g/mol. The molecule has 1 amide bonds. The normalized spacial score (nSPS) is 11.2. The number of aliphatic hydroxyl groups excluding tert-OH is 1. The number of carbonyl (C=O) groups excluding carboxylic acids is 3. The third-order valence-electron chi connectivity index (χ3n) is 6.74. The smallest absolute Gasteiger partial charge is 0.286 e. The lowest BCUT2D eigenvalue weighted by Gasteiger charge is -2.13. The van der Waals surface area contributed by atoms with Gasteiger partial charge >= 0.3 is 0 Å². The molecule has 0 heterocycles. The Labute approximate surface area is 233 Å². The fourth-order valence-corrected chi connectivity index (χ4v) is 4.46. The molecule has 39 heavy (non-hydrogen) atoms. The van der Waals surface area contributed by atoms with Crippen molar-refractivity contribution in [1.29, 1.82) is 0 Å². The molecule has 0 saturated heterocycles. The van der Waals surface area contributed by atoms with Crippen molar-refractivity contribution >= 4 is 28.2 Å². The highest BCUT2D eigenvalue weighted by Gasteiger charge is 2.13. The van der Waals surface area contributed by atoms with E-state index >= 15 is 0 Å². The first-order chi connectivity index (χ1) is 18.6. The van der Waals surface area contributed by atoms with Crippen LogP contribution in [-0.4, -0.2) is 22.6 Å². The molecule has 3 aromatic carbocycles. The van der Waals surface area contributed by atoms with E-state index in [4.69, 9.17) is 0 Å². The summed E-state index contributed by atoms with van der Waals surface area (Å²) in [5, 5.41) is 14.6. The number of benzene rings is 3. The summed E-state index contributed by atoms with van der Waals surface area (Å²) in [7, 11) is 0. The number of amides is 1. The molecule has 5 heteroatoms. The Morgan fingerprint density at radius 1 is 0.923 bits per heavy atom. The average Bonchev–Trinajstić information content (AvgIpc) is 2.93. The Hall–Kier alpha value is -3.73. The zero-order chi connectivity index (χ0) is 28.9. The molecule has 3 rings (SSSR count). The molecule has 0 spiro atoms. The minimum absolute atomic E-state index is 0.101. The number of aryl methyl sites for hydroxylation is 1. The molecule has 0 bridgehead atoms. The molecule has 0 fully saturated rings. The molecule has 208 valence electrons. The number of hydrogen-bond acceptors (Lipinski definition) is 4. The predicted octanol–water partition coefficient (Wildman–Crippen LogP) is 8.26. The second-order valence-electron chi connectivity index (χ2n) is 10.2. The zero-order valence-electron chi connectivity index (χ0n) is 24.3. The van der Waals surface area contributed by atoms with Crippen LogP contribution in [0, 0.1) is 0 Å². The van der Waals surface area contributed by atoms with Crippen LogP contribution in [0.3, 0.4) is 0 Å². The molecular formula is C34H43NO4. The van der Waals surface area contributed by atoms with Gasteiger partial charge in [0.2, 0.25) is 0 Å². The van der Waals surface area contributed by atoms with Gasteiger partial charge in [-0.05, 0) is 79.1 Å². The number of ketones is 2. The van der Waals surface area contributed by atoms with Crippen molar-refractivity contribution in [2.24, 2.45) is 0 Å². The van der Waals surface area contributed by atoms with Crippen LogP contribution in [0.15, 0.2) is 66.4 Å². The van der Waals surface area contributed by atoms with Crippen molar-refractivity contribution in [3.63, 3.8) is 0 Å². The van der Waals surface area contributed by atoms with E-state index in [1.807, 2.05) is 0 Å². The molecular weight excluding hydrogens is 486 g/mol. The van der Waals surface area contributed by atoms with Crippen molar-refractivity contribution in [1.82, 2.24) is 5.32 Å². The number of aliphatic hydroxyl groups is 1. The van der Waals surface area contributed by atoms with Gasteiger partial charge in [-0.25, -0.2) is 0 Å². The molecule has 3 aromatic rings. The molecule has 0 unspecified atom stereocenters. The summed E-state index contributed by atoms with van der Waals surface area (Å²) < 4.78 is 0. The minimum Gasteiger partial charge on any atom is -0.503 e. The van der Waals surface area contributed by atoms with E-state index in [1.54, 1.807) is 12.1 Å². The van der Waals surface area contributed by atoms with Crippen LogP contribution in [-0.2, 0) is 17.8 Å². The van der Waals surface area contributed by atoms with Crippen LogP contribution >= 0.6 is 0 Å². The highest BCUT2D eigenvalue weighted by Crippen LogP contribution is 2.28. The number of fused-ring (bicyclic) bond motifs is 1. The lowest BCUT2D eigenvalue weighted by Crippen LogP contribution is -2.25. The van der Waals surface area contributed by atoms with Gasteiger partial charge < -0.3 is 10.4 Å². The van der Waals surface area contributed by atoms with Crippen molar-refractivity contribution in [3.05, 3.63) is 94.2 Å². The second-order valence-corrected chi connectivity index (χ2v) is 10.2. The van der Waals surface area contributed by atoms with Crippen molar-refractivity contribution in [2.45, 2.75) is 86.1 Å². The SMILES string of the molecule is CC=C(O)C(=O)NCc1ccc(C(C)=O)cc1C(C)=O.CCCCCCc1cc(C(C)C)c2ccccc2c1. The van der Waals surface area contributed by atoms with Gasteiger partial charge in [0.05, 0.1) is 0 Å². The highest BCUT2D eigenvalue weighted by molar-refractivity contribution is 6.00. The number of unbranched alkanes of at least 4 members (excludes halogenated alkanes) is 3. The summed E-state index contributed by atoms with van der Waals surface area (Å²) in [4.78, 5) is 34.3. The number of nitrogens with one attached hydrogen (secondary N) is 1. The summed E-state index contributed by atoms with van der Waals surface area (Å²) in [6, 6.07) is 18.4. The summed E-state index contributed by atoms with van der Waals surface area (Å²) in [6.07, 6.45) is 7.87. The number of Topliss-reactive ketones (excluding diaryl/α,β-unsaturated/α-hetero) is 2. The van der Waals surface area contributed by atoms with Gasteiger partial charge in [0.25, 0.3) is 5.91 Å². The van der Waals surface area contributed by atoms with Gasteiger partial charge in [0, 0.05) is 17.7 Å². The summed E-state index contributed by atoms with van der Waals surface area (Å²) in [5.41, 5.74) is 4.45. The van der Waals surface area contributed by atoms with Crippen LogP contribution in [0.1, 0.15) is 111 Å². The molecule has 0 aliphatic rings. The maximum Gasteiger partial charge on any atom is 0.286 e. The van der Waals surface area contributed by atoms with Crippen molar-refractivity contribution < 1.29 is 19.5 Å². The van der Waals surface area contributed by atoms with E-state index < -0.39 is 5.91 Å². The van der Waals surface area contributed by atoms with Gasteiger partial charge in [-0.15, -0.1) is 0 Å². The predicted molar refractivity (Wildman–Crippen MR) is 161 cm³/mol. The second kappa shape index (κ2) is 15.6. The molecule has 0 aliphatic heterocycles. The Balaban J connectivity index is 0.000000274. The Morgan fingerprint density at radius 3 is 2.26 bits per heavy atom. The Bertz CT molecular complexity index is 1320. The maximum absolute atomic E-state index is 11.6. The lowest BCUT2D eigenvalue weighted by molar-refractivity contribution is -0.120. The van der Waals surface area contributed by atoms with Gasteiger partial charge in [-0.1, -0.05) is 88.6 Å². The largest absolute Gasteiger partial charge is 0.503 e. The average molecular weight is 530 g/mol. The van der Waals surface area contributed by atoms with Gasteiger partial charge in [0.1, 0.15) is 0 Å². The molecule has 0 radical (unpaired) electrons. The van der Waals surface area contributed by atoms with E-state index in [2.05, 4.69) is 62.5 Å². The van der Waals surface area contributed by atoms with Crippen molar-refractivity contribution in [3.8, 4) is 0 Å². The minimum atomic E-state index is -0.613. The number of hydrogen-bond donors (Lipinski definition) is 2. The first-order valence-electron chi connectivity index (χ1n) is 13.9. The topological polar surface area (TPSA) is 83.5 Å². The van der Waals surface area contributed by atoms with E-state index in [0.29, 0.717) is 22.6 Å². The van der Waals surface area contributed by atoms with E-state index in [-0.39, 0.29) is 23.9 Å². The van der Waals surface area contributed by atoms with Gasteiger partial charge in [-0.3, -0.25) is 14.4 Å². The van der Waals surface area contributed by atoms with Crippen LogP contribution in [0.4, 0.5) is 0 Å². The quantitative estimate of drug-likeness (QED) is 0.113. The fraction of sp³-hybridized carbons (Fsp3) is 0.382. The molecule has 2 N–H and O–H groups in total. The van der Waals surface area contributed by atoms with Gasteiger partial charge in [0.15, 0.2) is 17.3 Å². The third-order valence-corrected chi connectivity index (χ3v) is 6.74. The number of allylic oxidation sites excluding steroid dienone is 1. The van der Waals surface area contributed by atoms with Crippen LogP contribution in [0.5, 0.6) is 0 Å². The Kier molecular flexibility index (Phi) is 12.6. The highest BCUT2D eigenvalue weighted by atomic mass is 16.3. The van der Waals surface area contributed by atoms with Crippen LogP contribution in [0.25, 0.3) is 10.8 Å². The maximum atomic E-state index is 11.6. The first kappa shape index (κ1) is 31.5. The lowest BCUT2D eigenvalue weighted by atomic mass is 9.92. The summed E-state index contributed by atoms with van der Waals surface area (Å²) in [5.74, 6) is -0.713. The van der Waals surface area contributed by atoms with Crippen LogP contribution < -0.4 is 5.32 Å². The molecule has 0 atom stereocenters. The summed E-state index contributed by atoms with van der Waals surface area (Å²) in [6.45, 7) is 11.3. The Morgan fingerprint density at radius 2 is 1.64 bits per heavy atom. The van der Waals surface area contributed by atoms with E-state index in [0.717, 1.165) is 0 Å². The number of carbonyl (C=O) groups is 3. The molecule has 0 aromatic heterocycles. The molecule has 0 saturated carbocycles. The standard InChI is InChI=1S/C19H26.C15H17NO4/c1-4-5-6-7-10-16-13-17-11-8-9-12-18(17)19(14-16)15(2)3;1-4-14(19)15(20)16-8-12-6-5-11(9(2)17)7-13(12)10(3)18/h8-9,11-15H,4-7,10H2,1-3H3;4-7,19H,8H2,1-3H3,(H,16,20).